The fourth-order valence-corrected chi connectivity index (χ4v) is 2.64. The summed E-state index contributed by atoms with van der Waals surface area (Å²) in [5, 5.41) is 0. The van der Waals surface area contributed by atoms with Crippen LogP contribution in [0.3, 0.4) is 0 Å². The van der Waals surface area contributed by atoms with Crippen molar-refractivity contribution in [2.45, 2.75) is 44.2 Å². The molecule has 2 aliphatic rings. The van der Waals surface area contributed by atoms with Crippen LogP contribution in [0.4, 0.5) is 0 Å². The second kappa shape index (κ2) is 5.28. The van der Waals surface area contributed by atoms with Gasteiger partial charge in [0.2, 0.25) is 0 Å². The molecule has 1 aliphatic heterocycles. The van der Waals surface area contributed by atoms with Gasteiger partial charge < -0.3 is 10.6 Å². The van der Waals surface area contributed by atoms with Gasteiger partial charge in [0.1, 0.15) is 0 Å². The van der Waals surface area contributed by atoms with E-state index in [1.54, 1.807) is 0 Å². The van der Waals surface area contributed by atoms with Crippen LogP contribution in [0.1, 0.15) is 32.1 Å². The molecule has 1 atom stereocenters. The number of piperidine rings is 1. The molecule has 0 aromatic heterocycles. The van der Waals surface area contributed by atoms with Gasteiger partial charge in [-0.05, 0) is 58.8 Å². The van der Waals surface area contributed by atoms with Crippen molar-refractivity contribution in [2.24, 2.45) is 5.73 Å². The number of nitrogens with zero attached hydrogens (tertiary/aromatic N) is 2. The predicted molar refractivity (Wildman–Crippen MR) is 63.9 cm³/mol. The first-order valence-electron chi connectivity index (χ1n) is 6.45. The van der Waals surface area contributed by atoms with E-state index in [0.29, 0.717) is 0 Å². The van der Waals surface area contributed by atoms with Gasteiger partial charge in [-0.25, -0.2) is 0 Å². The van der Waals surface area contributed by atoms with Crippen molar-refractivity contribution in [1.82, 2.24) is 9.80 Å². The Kier molecular flexibility index (Phi) is 4.00. The normalized spacial score (nSPS) is 28.6. The Morgan fingerprint density at radius 3 is 2.80 bits per heavy atom. The van der Waals surface area contributed by atoms with E-state index in [1.807, 2.05) is 0 Å². The molecule has 1 saturated carbocycles. The summed E-state index contributed by atoms with van der Waals surface area (Å²) in [5.74, 6) is 0. The lowest BCUT2D eigenvalue weighted by molar-refractivity contribution is 0.111. The molecule has 0 amide bonds. The third-order valence-corrected chi connectivity index (χ3v) is 3.83. The van der Waals surface area contributed by atoms with E-state index >= 15 is 0 Å². The van der Waals surface area contributed by atoms with Crippen LogP contribution in [0.2, 0.25) is 0 Å². The summed E-state index contributed by atoms with van der Waals surface area (Å²) < 4.78 is 0. The largest absolute Gasteiger partial charge is 0.330 e. The summed E-state index contributed by atoms with van der Waals surface area (Å²) >= 11 is 0. The smallest absolute Gasteiger partial charge is 0.0220 e. The van der Waals surface area contributed by atoms with E-state index in [1.165, 1.54) is 45.3 Å². The first kappa shape index (κ1) is 11.4. The van der Waals surface area contributed by atoms with Crippen LogP contribution in [0.15, 0.2) is 0 Å². The highest BCUT2D eigenvalue weighted by Gasteiger charge is 2.33. The molecule has 1 unspecified atom stereocenters. The highest BCUT2D eigenvalue weighted by Crippen LogP contribution is 2.30. The van der Waals surface area contributed by atoms with Gasteiger partial charge in [-0.3, -0.25) is 4.90 Å². The van der Waals surface area contributed by atoms with Crippen LogP contribution in [0.25, 0.3) is 0 Å². The SMILES string of the molecule is CN(CCCN)C1CCCN(C2CC2)C1. The van der Waals surface area contributed by atoms with E-state index < -0.39 is 0 Å². The van der Waals surface area contributed by atoms with Gasteiger partial charge in [-0.1, -0.05) is 0 Å². The summed E-state index contributed by atoms with van der Waals surface area (Å²) in [6.07, 6.45) is 6.79. The monoisotopic (exact) mass is 211 g/mol. The number of rotatable bonds is 5. The number of hydrogen-bond acceptors (Lipinski definition) is 3. The standard InChI is InChI=1S/C12H25N3/c1-14(8-3-7-13)12-4-2-9-15(10-12)11-5-6-11/h11-12H,2-10,13H2,1H3. The third kappa shape index (κ3) is 3.16. The average molecular weight is 211 g/mol. The van der Waals surface area contributed by atoms with Gasteiger partial charge >= 0.3 is 0 Å². The van der Waals surface area contributed by atoms with Crippen molar-refractivity contribution in [3.05, 3.63) is 0 Å². The maximum atomic E-state index is 5.55. The maximum Gasteiger partial charge on any atom is 0.0220 e. The topological polar surface area (TPSA) is 32.5 Å². The van der Waals surface area contributed by atoms with Crippen molar-refractivity contribution < 1.29 is 0 Å². The lowest BCUT2D eigenvalue weighted by atomic mass is 10.0. The zero-order valence-electron chi connectivity index (χ0n) is 9.99. The Bertz CT molecular complexity index is 191. The zero-order valence-corrected chi connectivity index (χ0v) is 9.99. The molecule has 0 radical (unpaired) electrons. The van der Waals surface area contributed by atoms with Crippen LogP contribution in [0, 0.1) is 0 Å². The van der Waals surface area contributed by atoms with Gasteiger partial charge in [0.05, 0.1) is 0 Å². The zero-order chi connectivity index (χ0) is 10.7. The maximum absolute atomic E-state index is 5.55. The van der Waals surface area contributed by atoms with E-state index in [9.17, 15) is 0 Å². The van der Waals surface area contributed by atoms with E-state index in [4.69, 9.17) is 5.73 Å². The van der Waals surface area contributed by atoms with Gasteiger partial charge in [0.15, 0.2) is 0 Å². The molecule has 1 saturated heterocycles. The third-order valence-electron chi connectivity index (χ3n) is 3.83. The van der Waals surface area contributed by atoms with Crippen LogP contribution in [0.5, 0.6) is 0 Å². The minimum Gasteiger partial charge on any atom is -0.330 e. The molecular weight excluding hydrogens is 186 g/mol. The number of likely N-dealkylation sites (tertiary alicyclic amines) is 1. The number of hydrogen-bond donors (Lipinski definition) is 1. The van der Waals surface area contributed by atoms with E-state index in [2.05, 4.69) is 16.8 Å². The van der Waals surface area contributed by atoms with Crippen molar-refractivity contribution >= 4 is 0 Å². The first-order chi connectivity index (χ1) is 7.31. The van der Waals surface area contributed by atoms with Gasteiger partial charge in [0.25, 0.3) is 0 Å². The molecule has 0 aromatic carbocycles. The molecule has 3 heteroatoms. The molecule has 1 heterocycles. The van der Waals surface area contributed by atoms with Crippen LogP contribution in [-0.2, 0) is 0 Å². The molecule has 2 N–H and O–H groups in total. The molecule has 15 heavy (non-hydrogen) atoms. The van der Waals surface area contributed by atoms with Crippen molar-refractivity contribution in [2.75, 3.05) is 33.2 Å². The summed E-state index contributed by atoms with van der Waals surface area (Å²) in [5.41, 5.74) is 5.55. The molecule has 2 fully saturated rings. The van der Waals surface area contributed by atoms with Gasteiger partial charge in [0, 0.05) is 18.6 Å². The Balaban J connectivity index is 1.75. The Labute approximate surface area is 93.6 Å². The summed E-state index contributed by atoms with van der Waals surface area (Å²) in [6.45, 7) is 4.63. The summed E-state index contributed by atoms with van der Waals surface area (Å²) in [4.78, 5) is 5.22. The molecule has 2 rings (SSSR count). The van der Waals surface area contributed by atoms with Crippen LogP contribution in [-0.4, -0.2) is 55.1 Å². The molecule has 88 valence electrons. The Morgan fingerprint density at radius 2 is 2.13 bits per heavy atom. The molecular formula is C12H25N3. The fraction of sp³-hybridized carbons (Fsp3) is 1.00. The minimum atomic E-state index is 0.783. The highest BCUT2D eigenvalue weighted by atomic mass is 15.2. The Hall–Kier alpha value is -0.120. The van der Waals surface area contributed by atoms with Crippen molar-refractivity contribution in [3.8, 4) is 0 Å². The minimum absolute atomic E-state index is 0.783. The first-order valence-corrected chi connectivity index (χ1v) is 6.45. The van der Waals surface area contributed by atoms with Crippen LogP contribution >= 0.6 is 0 Å². The van der Waals surface area contributed by atoms with Gasteiger partial charge in [-0.15, -0.1) is 0 Å². The Morgan fingerprint density at radius 1 is 1.33 bits per heavy atom. The van der Waals surface area contributed by atoms with E-state index in [-0.39, 0.29) is 0 Å². The summed E-state index contributed by atoms with van der Waals surface area (Å²) in [6, 6.07) is 1.72. The number of nitrogens with two attached hydrogens (primary N) is 1. The highest BCUT2D eigenvalue weighted by molar-refractivity contribution is 4.90. The lowest BCUT2D eigenvalue weighted by Crippen LogP contribution is -2.47. The lowest BCUT2D eigenvalue weighted by Gasteiger charge is -2.37. The second-order valence-corrected chi connectivity index (χ2v) is 5.14. The molecule has 3 nitrogen and oxygen atoms in total. The quantitative estimate of drug-likeness (QED) is 0.733. The van der Waals surface area contributed by atoms with Crippen LogP contribution < -0.4 is 5.73 Å². The molecule has 0 spiro atoms. The molecule has 0 bridgehead atoms. The fourth-order valence-electron chi connectivity index (χ4n) is 2.64. The molecule has 1 aliphatic carbocycles. The van der Waals surface area contributed by atoms with Gasteiger partial charge in [-0.2, -0.15) is 0 Å². The second-order valence-electron chi connectivity index (χ2n) is 5.14. The van der Waals surface area contributed by atoms with Crippen molar-refractivity contribution in [3.63, 3.8) is 0 Å². The van der Waals surface area contributed by atoms with Crippen molar-refractivity contribution in [1.29, 1.82) is 0 Å². The molecule has 0 aromatic rings. The predicted octanol–water partition coefficient (Wildman–Crippen LogP) is 0.894. The summed E-state index contributed by atoms with van der Waals surface area (Å²) in [7, 11) is 2.26. The number of likely N-dealkylation sites (N-methyl/N-ethyl adjacent to an activating group) is 1. The van der Waals surface area contributed by atoms with E-state index in [0.717, 1.165) is 25.0 Å². The average Bonchev–Trinajstić information content (AvgIpc) is 3.10.